The van der Waals surface area contributed by atoms with E-state index in [0.717, 1.165) is 6.07 Å². The maximum Gasteiger partial charge on any atom is 0.170 e. The molecule has 14 heavy (non-hydrogen) atoms. The highest BCUT2D eigenvalue weighted by Gasteiger charge is 2.18. The van der Waals surface area contributed by atoms with Gasteiger partial charge in [-0.2, -0.15) is 5.26 Å². The molecule has 0 radical (unpaired) electrons. The Kier molecular flexibility index (Phi) is 3.18. The first-order chi connectivity index (χ1) is 6.56. The zero-order chi connectivity index (χ0) is 10.7. The van der Waals surface area contributed by atoms with E-state index >= 15 is 0 Å². The Hall–Kier alpha value is -1.44. The average molecular weight is 195 g/mol. The number of nitrogens with zero attached hydrogens (tertiary/aromatic N) is 1. The normalized spacial score (nSPS) is 14.5. The highest BCUT2D eigenvalue weighted by Crippen LogP contribution is 2.19. The Bertz CT molecular complexity index is 373. The summed E-state index contributed by atoms with van der Waals surface area (Å²) in [6, 6.07) is 5.55. The topological polar surface area (TPSA) is 64.2 Å². The summed E-state index contributed by atoms with van der Waals surface area (Å²) in [7, 11) is 0. The van der Waals surface area contributed by atoms with Gasteiger partial charge in [0.1, 0.15) is 11.9 Å². The van der Waals surface area contributed by atoms with E-state index in [1.165, 1.54) is 18.2 Å². The van der Waals surface area contributed by atoms with Gasteiger partial charge in [-0.05, 0) is 24.1 Å². The molecule has 0 saturated carbocycles. The number of aliphatic hydroxyl groups excluding tert-OH is 2. The lowest BCUT2D eigenvalue weighted by Gasteiger charge is -2.12. The van der Waals surface area contributed by atoms with Gasteiger partial charge in [0.2, 0.25) is 0 Å². The third-order valence-corrected chi connectivity index (χ3v) is 1.97. The second kappa shape index (κ2) is 4.18. The summed E-state index contributed by atoms with van der Waals surface area (Å²) in [4.78, 5) is 0. The molecule has 2 unspecified atom stereocenters. The largest absolute Gasteiger partial charge is 0.385 e. The average Bonchev–Trinajstić information content (AvgIpc) is 2.20. The number of halogens is 1. The van der Waals surface area contributed by atoms with Crippen LogP contribution in [0.1, 0.15) is 17.2 Å². The predicted octanol–water partition coefficient (Wildman–Crippen LogP) is 1.05. The summed E-state index contributed by atoms with van der Waals surface area (Å²) < 4.78 is 13.0. The monoisotopic (exact) mass is 195 g/mol. The summed E-state index contributed by atoms with van der Waals surface area (Å²) in [6.45, 7) is 1.59. The van der Waals surface area contributed by atoms with Crippen LogP contribution in [0.25, 0.3) is 0 Å². The van der Waals surface area contributed by atoms with Crippen molar-refractivity contribution in [1.82, 2.24) is 0 Å². The maximum atomic E-state index is 13.0. The lowest BCUT2D eigenvalue weighted by atomic mass is 10.0. The van der Waals surface area contributed by atoms with E-state index in [2.05, 4.69) is 0 Å². The lowest BCUT2D eigenvalue weighted by Crippen LogP contribution is -2.15. The lowest BCUT2D eigenvalue weighted by molar-refractivity contribution is 0.0526. The van der Waals surface area contributed by atoms with Crippen LogP contribution in [0, 0.1) is 24.1 Å². The van der Waals surface area contributed by atoms with E-state index in [4.69, 9.17) is 10.4 Å². The number of aryl methyl sites for hydroxylation is 1. The number of benzene rings is 1. The summed E-state index contributed by atoms with van der Waals surface area (Å²) in [5.41, 5.74) is 0.648. The van der Waals surface area contributed by atoms with Gasteiger partial charge >= 0.3 is 0 Å². The molecule has 0 saturated heterocycles. The first-order valence-electron chi connectivity index (χ1n) is 4.08. The number of hydrogen-bond acceptors (Lipinski definition) is 3. The van der Waals surface area contributed by atoms with E-state index in [1.54, 1.807) is 6.92 Å². The van der Waals surface area contributed by atoms with Crippen LogP contribution in [0.15, 0.2) is 18.2 Å². The Morgan fingerprint density at radius 2 is 2.07 bits per heavy atom. The van der Waals surface area contributed by atoms with Gasteiger partial charge < -0.3 is 10.2 Å². The van der Waals surface area contributed by atoms with Gasteiger partial charge in [0.05, 0.1) is 6.07 Å². The van der Waals surface area contributed by atoms with Crippen molar-refractivity contribution in [3.63, 3.8) is 0 Å². The van der Waals surface area contributed by atoms with Crippen molar-refractivity contribution in [3.05, 3.63) is 35.1 Å². The van der Waals surface area contributed by atoms with Gasteiger partial charge in [-0.3, -0.25) is 0 Å². The van der Waals surface area contributed by atoms with Crippen LogP contribution in [0.2, 0.25) is 0 Å². The molecule has 0 bridgehead atoms. The van der Waals surface area contributed by atoms with Crippen LogP contribution >= 0.6 is 0 Å². The molecule has 1 aromatic carbocycles. The van der Waals surface area contributed by atoms with Crippen LogP contribution in [0.4, 0.5) is 4.39 Å². The molecule has 1 aromatic rings. The fourth-order valence-corrected chi connectivity index (χ4v) is 1.05. The molecule has 3 nitrogen and oxygen atoms in total. The molecular weight excluding hydrogens is 185 g/mol. The second-order valence-corrected chi connectivity index (χ2v) is 3.03. The molecule has 0 amide bonds. The molecule has 0 aliphatic heterocycles. The second-order valence-electron chi connectivity index (χ2n) is 3.03. The van der Waals surface area contributed by atoms with Crippen molar-refractivity contribution in [2.75, 3.05) is 0 Å². The number of nitriles is 1. The molecule has 0 aliphatic carbocycles. The van der Waals surface area contributed by atoms with E-state index in [0.29, 0.717) is 5.56 Å². The molecule has 0 fully saturated rings. The molecule has 0 aromatic heterocycles. The van der Waals surface area contributed by atoms with Crippen molar-refractivity contribution in [3.8, 4) is 6.07 Å². The van der Waals surface area contributed by atoms with E-state index < -0.39 is 18.0 Å². The van der Waals surface area contributed by atoms with Gasteiger partial charge in [-0.15, -0.1) is 0 Å². The standard InChI is InChI=1S/C10H10FNO2/c1-6-2-3-7(4-8(6)11)10(14)9(13)5-12/h2-4,9-10,13-14H,1H3. The number of aliphatic hydroxyl groups is 2. The van der Waals surface area contributed by atoms with E-state index in [9.17, 15) is 9.50 Å². The van der Waals surface area contributed by atoms with E-state index in [1.807, 2.05) is 0 Å². The first-order valence-corrected chi connectivity index (χ1v) is 4.08. The highest BCUT2D eigenvalue weighted by molar-refractivity contribution is 5.26. The first kappa shape index (κ1) is 10.6. The van der Waals surface area contributed by atoms with Gasteiger partial charge in [-0.25, -0.2) is 4.39 Å². The van der Waals surface area contributed by atoms with Crippen molar-refractivity contribution >= 4 is 0 Å². The zero-order valence-electron chi connectivity index (χ0n) is 7.61. The third kappa shape index (κ3) is 2.08. The van der Waals surface area contributed by atoms with Crippen molar-refractivity contribution in [2.45, 2.75) is 19.1 Å². The maximum absolute atomic E-state index is 13.0. The molecule has 2 atom stereocenters. The van der Waals surface area contributed by atoms with Gasteiger partial charge in [0.15, 0.2) is 6.10 Å². The van der Waals surface area contributed by atoms with Crippen LogP contribution in [0.3, 0.4) is 0 Å². The highest BCUT2D eigenvalue weighted by atomic mass is 19.1. The molecule has 74 valence electrons. The van der Waals surface area contributed by atoms with Gasteiger partial charge in [0.25, 0.3) is 0 Å². The summed E-state index contributed by atoms with van der Waals surface area (Å²) in [5.74, 6) is -0.466. The minimum atomic E-state index is -1.53. The van der Waals surface area contributed by atoms with Crippen LogP contribution in [0.5, 0.6) is 0 Å². The SMILES string of the molecule is Cc1ccc(C(O)C(O)C#N)cc1F. The molecule has 4 heteroatoms. The minimum Gasteiger partial charge on any atom is -0.385 e. The molecule has 2 N–H and O–H groups in total. The molecular formula is C10H10FNO2. The van der Waals surface area contributed by atoms with Gasteiger partial charge in [-0.1, -0.05) is 12.1 Å². The predicted molar refractivity (Wildman–Crippen MR) is 47.7 cm³/mol. The third-order valence-electron chi connectivity index (χ3n) is 1.97. The number of rotatable bonds is 2. The van der Waals surface area contributed by atoms with Crippen molar-refractivity contribution in [2.24, 2.45) is 0 Å². The van der Waals surface area contributed by atoms with E-state index in [-0.39, 0.29) is 5.56 Å². The minimum absolute atomic E-state index is 0.196. The Labute approximate surface area is 81.0 Å². The van der Waals surface area contributed by atoms with Crippen LogP contribution in [-0.2, 0) is 0 Å². The smallest absolute Gasteiger partial charge is 0.170 e. The Morgan fingerprint density at radius 1 is 1.43 bits per heavy atom. The van der Waals surface area contributed by atoms with Crippen LogP contribution < -0.4 is 0 Å². The fraction of sp³-hybridized carbons (Fsp3) is 0.300. The molecule has 1 rings (SSSR count). The molecule has 0 aliphatic rings. The molecule has 0 heterocycles. The Morgan fingerprint density at radius 3 is 2.57 bits per heavy atom. The number of hydrogen-bond donors (Lipinski definition) is 2. The Balaban J connectivity index is 2.98. The zero-order valence-corrected chi connectivity index (χ0v) is 7.61. The summed E-state index contributed by atoms with van der Waals surface area (Å²) in [6.07, 6.45) is -2.90. The summed E-state index contributed by atoms with van der Waals surface area (Å²) >= 11 is 0. The van der Waals surface area contributed by atoms with Gasteiger partial charge in [0, 0.05) is 0 Å². The fourth-order valence-electron chi connectivity index (χ4n) is 1.05. The van der Waals surface area contributed by atoms with Crippen molar-refractivity contribution in [1.29, 1.82) is 5.26 Å². The quantitative estimate of drug-likeness (QED) is 0.693. The van der Waals surface area contributed by atoms with Crippen molar-refractivity contribution < 1.29 is 14.6 Å². The summed E-state index contributed by atoms with van der Waals surface area (Å²) in [5, 5.41) is 26.7. The molecule has 0 spiro atoms. The van der Waals surface area contributed by atoms with Crippen LogP contribution in [-0.4, -0.2) is 16.3 Å².